The van der Waals surface area contributed by atoms with Crippen molar-refractivity contribution in [2.75, 3.05) is 19.5 Å². The van der Waals surface area contributed by atoms with Gasteiger partial charge in [-0.25, -0.2) is 12.7 Å². The zero-order chi connectivity index (χ0) is 12.9. The third kappa shape index (κ3) is 3.69. The molecule has 0 saturated carbocycles. The SMILES string of the molecule is CCN(C)S(=O)(=O)c1ccc(CCCCl)cc1. The number of nitrogens with zero attached hydrogens (tertiary/aromatic N) is 1. The van der Waals surface area contributed by atoms with E-state index in [-0.39, 0.29) is 0 Å². The summed E-state index contributed by atoms with van der Waals surface area (Å²) >= 11 is 5.61. The summed E-state index contributed by atoms with van der Waals surface area (Å²) in [5, 5.41) is 0. The van der Waals surface area contributed by atoms with Gasteiger partial charge in [-0.2, -0.15) is 0 Å². The van der Waals surface area contributed by atoms with Gasteiger partial charge >= 0.3 is 0 Å². The summed E-state index contributed by atoms with van der Waals surface area (Å²) in [6, 6.07) is 7.02. The molecule has 1 aromatic rings. The number of sulfonamides is 1. The van der Waals surface area contributed by atoms with Crippen LogP contribution in [0.2, 0.25) is 0 Å². The molecule has 0 fully saturated rings. The first-order valence-electron chi connectivity index (χ1n) is 5.63. The molecule has 0 atom stereocenters. The third-order valence-electron chi connectivity index (χ3n) is 2.68. The Labute approximate surface area is 108 Å². The predicted molar refractivity (Wildman–Crippen MR) is 71.0 cm³/mol. The van der Waals surface area contributed by atoms with E-state index in [1.807, 2.05) is 19.1 Å². The van der Waals surface area contributed by atoms with Crippen molar-refractivity contribution in [1.29, 1.82) is 0 Å². The average molecular weight is 276 g/mol. The Balaban J connectivity index is 2.87. The quantitative estimate of drug-likeness (QED) is 0.748. The molecule has 0 aliphatic heterocycles. The van der Waals surface area contributed by atoms with Gasteiger partial charge in [-0.15, -0.1) is 11.6 Å². The van der Waals surface area contributed by atoms with Crippen molar-refractivity contribution in [2.24, 2.45) is 0 Å². The molecule has 0 aliphatic carbocycles. The van der Waals surface area contributed by atoms with E-state index >= 15 is 0 Å². The molecule has 1 aromatic carbocycles. The molecule has 96 valence electrons. The van der Waals surface area contributed by atoms with Crippen LogP contribution in [0.15, 0.2) is 29.2 Å². The number of hydrogen-bond donors (Lipinski definition) is 0. The van der Waals surface area contributed by atoms with Crippen LogP contribution < -0.4 is 0 Å². The summed E-state index contributed by atoms with van der Waals surface area (Å²) < 4.78 is 25.3. The Morgan fingerprint density at radius 1 is 1.24 bits per heavy atom. The van der Waals surface area contributed by atoms with E-state index in [9.17, 15) is 8.42 Å². The van der Waals surface area contributed by atoms with E-state index in [4.69, 9.17) is 11.6 Å². The molecule has 0 saturated heterocycles. The standard InChI is InChI=1S/C12H18ClNO2S/c1-3-14(2)17(15,16)12-8-6-11(7-9-12)5-4-10-13/h6-9H,3-5,10H2,1-2H3. The van der Waals surface area contributed by atoms with Gasteiger partial charge < -0.3 is 0 Å². The third-order valence-corrected chi connectivity index (χ3v) is 4.89. The fourth-order valence-electron chi connectivity index (χ4n) is 1.45. The number of rotatable bonds is 6. The Morgan fingerprint density at radius 2 is 1.82 bits per heavy atom. The maximum atomic E-state index is 12.0. The molecule has 0 aromatic heterocycles. The average Bonchev–Trinajstić information content (AvgIpc) is 2.35. The van der Waals surface area contributed by atoms with E-state index in [0.717, 1.165) is 18.4 Å². The zero-order valence-corrected chi connectivity index (χ0v) is 11.8. The van der Waals surface area contributed by atoms with Gasteiger partial charge in [0.25, 0.3) is 0 Å². The van der Waals surface area contributed by atoms with Crippen LogP contribution in [0.3, 0.4) is 0 Å². The number of hydrogen-bond acceptors (Lipinski definition) is 2. The molecule has 0 unspecified atom stereocenters. The highest BCUT2D eigenvalue weighted by molar-refractivity contribution is 7.89. The van der Waals surface area contributed by atoms with Crippen LogP contribution in [0.1, 0.15) is 18.9 Å². The smallest absolute Gasteiger partial charge is 0.207 e. The van der Waals surface area contributed by atoms with Gasteiger partial charge in [0, 0.05) is 19.5 Å². The Kier molecular flexibility index (Phi) is 5.43. The van der Waals surface area contributed by atoms with Crippen LogP contribution in [0, 0.1) is 0 Å². The van der Waals surface area contributed by atoms with Gasteiger partial charge in [0.2, 0.25) is 10.0 Å². The molecule has 0 spiro atoms. The minimum Gasteiger partial charge on any atom is -0.207 e. The second kappa shape index (κ2) is 6.38. The van der Waals surface area contributed by atoms with Crippen LogP contribution in [0.4, 0.5) is 0 Å². The molecule has 0 heterocycles. The monoisotopic (exact) mass is 275 g/mol. The minimum atomic E-state index is -3.32. The van der Waals surface area contributed by atoms with Crippen molar-refractivity contribution in [3.63, 3.8) is 0 Å². The van der Waals surface area contributed by atoms with Crippen LogP contribution in [0.25, 0.3) is 0 Å². The van der Waals surface area contributed by atoms with Crippen LogP contribution in [0.5, 0.6) is 0 Å². The van der Waals surface area contributed by atoms with Gasteiger partial charge in [0.1, 0.15) is 0 Å². The van der Waals surface area contributed by atoms with Crippen molar-refractivity contribution in [1.82, 2.24) is 4.31 Å². The summed E-state index contributed by atoms with van der Waals surface area (Å²) in [5.74, 6) is 0.624. The first-order valence-corrected chi connectivity index (χ1v) is 7.61. The van der Waals surface area contributed by atoms with Gasteiger partial charge in [0.15, 0.2) is 0 Å². The molecular weight excluding hydrogens is 258 g/mol. The molecule has 0 bridgehead atoms. The van der Waals surface area contributed by atoms with Crippen molar-refractivity contribution in [2.45, 2.75) is 24.7 Å². The van der Waals surface area contributed by atoms with Crippen LogP contribution in [-0.4, -0.2) is 32.2 Å². The van der Waals surface area contributed by atoms with Crippen molar-refractivity contribution < 1.29 is 8.42 Å². The lowest BCUT2D eigenvalue weighted by Crippen LogP contribution is -2.26. The number of halogens is 1. The molecule has 17 heavy (non-hydrogen) atoms. The van der Waals surface area contributed by atoms with E-state index in [1.165, 1.54) is 4.31 Å². The maximum Gasteiger partial charge on any atom is 0.242 e. The fraction of sp³-hybridized carbons (Fsp3) is 0.500. The van der Waals surface area contributed by atoms with E-state index in [0.29, 0.717) is 17.3 Å². The summed E-state index contributed by atoms with van der Waals surface area (Å²) in [6.07, 6.45) is 1.79. The summed E-state index contributed by atoms with van der Waals surface area (Å²) in [7, 11) is -1.74. The van der Waals surface area contributed by atoms with Gasteiger partial charge in [0.05, 0.1) is 4.90 Å². The van der Waals surface area contributed by atoms with Crippen molar-refractivity contribution in [3.05, 3.63) is 29.8 Å². The highest BCUT2D eigenvalue weighted by Gasteiger charge is 2.18. The molecule has 1 rings (SSSR count). The largest absolute Gasteiger partial charge is 0.242 e. The second-order valence-corrected chi connectivity index (χ2v) is 6.28. The van der Waals surface area contributed by atoms with Gasteiger partial charge in [-0.05, 0) is 30.5 Å². The highest BCUT2D eigenvalue weighted by Crippen LogP contribution is 2.15. The Bertz CT molecular complexity index is 442. The topological polar surface area (TPSA) is 37.4 Å². The molecule has 0 N–H and O–H groups in total. The van der Waals surface area contributed by atoms with Crippen LogP contribution in [-0.2, 0) is 16.4 Å². The zero-order valence-electron chi connectivity index (χ0n) is 10.2. The minimum absolute atomic E-state index is 0.344. The second-order valence-electron chi connectivity index (χ2n) is 3.86. The van der Waals surface area contributed by atoms with E-state index in [2.05, 4.69) is 0 Å². The Hall–Kier alpha value is -0.580. The number of benzene rings is 1. The number of aryl methyl sites for hydroxylation is 1. The first-order chi connectivity index (χ1) is 8.02. The van der Waals surface area contributed by atoms with E-state index in [1.54, 1.807) is 19.2 Å². The molecule has 0 radical (unpaired) electrons. The highest BCUT2D eigenvalue weighted by atomic mass is 35.5. The van der Waals surface area contributed by atoms with Gasteiger partial charge in [-0.3, -0.25) is 0 Å². The summed E-state index contributed by atoms with van der Waals surface area (Å²) in [4.78, 5) is 0.344. The predicted octanol–water partition coefficient (Wildman–Crippen LogP) is 2.50. The van der Waals surface area contributed by atoms with Gasteiger partial charge in [-0.1, -0.05) is 19.1 Å². The first kappa shape index (κ1) is 14.5. The molecule has 0 amide bonds. The van der Waals surface area contributed by atoms with Crippen molar-refractivity contribution >= 4 is 21.6 Å². The lowest BCUT2D eigenvalue weighted by molar-refractivity contribution is 0.486. The molecule has 0 aliphatic rings. The normalized spacial score (nSPS) is 12.0. The molecular formula is C12H18ClNO2S. The van der Waals surface area contributed by atoms with Crippen LogP contribution >= 0.6 is 11.6 Å². The lowest BCUT2D eigenvalue weighted by Gasteiger charge is -2.14. The lowest BCUT2D eigenvalue weighted by atomic mass is 10.1. The number of alkyl halides is 1. The molecule has 3 nitrogen and oxygen atoms in total. The van der Waals surface area contributed by atoms with E-state index < -0.39 is 10.0 Å². The molecule has 5 heteroatoms. The summed E-state index contributed by atoms with van der Waals surface area (Å²) in [6.45, 7) is 2.28. The maximum absolute atomic E-state index is 12.0. The Morgan fingerprint density at radius 3 is 2.29 bits per heavy atom. The summed E-state index contributed by atoms with van der Waals surface area (Å²) in [5.41, 5.74) is 1.11. The van der Waals surface area contributed by atoms with Crippen molar-refractivity contribution in [3.8, 4) is 0 Å². The fourth-order valence-corrected chi connectivity index (χ4v) is 2.76.